The number of carbonyl (C=O) groups is 2. The Kier molecular flexibility index (Phi) is 10.1. The average molecular weight is 619 g/mol. The SMILES string of the molecule is CCSc1ccc(C(CNC(=O)OC)NC(=O)c2ccc3c(CC)c(Cc4ccc(Cl)cc4C(F)(F)F)oc3c2)cc1. The molecule has 42 heavy (non-hydrogen) atoms. The van der Waals surface area contributed by atoms with E-state index in [2.05, 4.69) is 22.3 Å². The van der Waals surface area contributed by atoms with Gasteiger partial charge in [-0.2, -0.15) is 13.2 Å². The van der Waals surface area contributed by atoms with Gasteiger partial charge in [0.1, 0.15) is 11.3 Å². The molecule has 3 aromatic carbocycles. The molecule has 2 amide bonds. The topological polar surface area (TPSA) is 80.6 Å². The molecule has 0 aliphatic carbocycles. The summed E-state index contributed by atoms with van der Waals surface area (Å²) in [6.07, 6.45) is -4.76. The van der Waals surface area contributed by atoms with E-state index in [0.717, 1.165) is 33.2 Å². The number of alkyl halides is 3. The van der Waals surface area contributed by atoms with E-state index in [1.54, 1.807) is 30.0 Å². The van der Waals surface area contributed by atoms with E-state index >= 15 is 0 Å². The summed E-state index contributed by atoms with van der Waals surface area (Å²) >= 11 is 7.53. The van der Waals surface area contributed by atoms with Crippen LogP contribution in [0.3, 0.4) is 0 Å². The number of thioether (sulfide) groups is 1. The Labute approximate surface area is 250 Å². The summed E-state index contributed by atoms with van der Waals surface area (Å²) in [4.78, 5) is 26.2. The Hall–Kier alpha value is -3.63. The van der Waals surface area contributed by atoms with Crippen molar-refractivity contribution in [3.8, 4) is 0 Å². The number of nitrogens with one attached hydrogen (secondary N) is 2. The largest absolute Gasteiger partial charge is 0.460 e. The fourth-order valence-electron chi connectivity index (χ4n) is 4.73. The van der Waals surface area contributed by atoms with Crippen molar-refractivity contribution < 1.29 is 31.9 Å². The lowest BCUT2D eigenvalue weighted by Crippen LogP contribution is -2.37. The van der Waals surface area contributed by atoms with E-state index in [1.165, 1.54) is 19.2 Å². The molecule has 0 aliphatic rings. The molecule has 0 fully saturated rings. The predicted molar refractivity (Wildman–Crippen MR) is 158 cm³/mol. The number of ether oxygens (including phenoxy) is 1. The van der Waals surface area contributed by atoms with Gasteiger partial charge < -0.3 is 19.8 Å². The smallest absolute Gasteiger partial charge is 0.416 e. The third-order valence-electron chi connectivity index (χ3n) is 6.76. The number of rotatable bonds is 10. The summed E-state index contributed by atoms with van der Waals surface area (Å²) in [5.41, 5.74) is 1.48. The number of aryl methyl sites for hydroxylation is 1. The highest BCUT2D eigenvalue weighted by Crippen LogP contribution is 2.37. The van der Waals surface area contributed by atoms with Gasteiger partial charge in [0.2, 0.25) is 0 Å². The van der Waals surface area contributed by atoms with Gasteiger partial charge in [0, 0.05) is 39.4 Å². The Morgan fingerprint density at radius 3 is 2.43 bits per heavy atom. The molecule has 1 heterocycles. The molecule has 0 saturated carbocycles. The highest BCUT2D eigenvalue weighted by atomic mass is 35.5. The van der Waals surface area contributed by atoms with Gasteiger partial charge in [0.25, 0.3) is 5.91 Å². The summed E-state index contributed by atoms with van der Waals surface area (Å²) in [5.74, 6) is 0.903. The fourth-order valence-corrected chi connectivity index (χ4v) is 5.56. The molecule has 0 spiro atoms. The highest BCUT2D eigenvalue weighted by molar-refractivity contribution is 7.99. The van der Waals surface area contributed by atoms with E-state index in [9.17, 15) is 22.8 Å². The second-order valence-electron chi connectivity index (χ2n) is 9.44. The Morgan fingerprint density at radius 1 is 1.05 bits per heavy atom. The van der Waals surface area contributed by atoms with Gasteiger partial charge in [-0.1, -0.05) is 49.7 Å². The zero-order valence-electron chi connectivity index (χ0n) is 23.2. The zero-order chi connectivity index (χ0) is 30.4. The Balaban J connectivity index is 1.62. The first kappa shape index (κ1) is 31.3. The van der Waals surface area contributed by atoms with Crippen molar-refractivity contribution in [1.82, 2.24) is 10.6 Å². The Bertz CT molecular complexity index is 1570. The first-order chi connectivity index (χ1) is 20.0. The maximum Gasteiger partial charge on any atom is 0.416 e. The minimum atomic E-state index is -4.57. The minimum Gasteiger partial charge on any atom is -0.460 e. The van der Waals surface area contributed by atoms with Crippen molar-refractivity contribution in [2.75, 3.05) is 19.4 Å². The molecule has 4 rings (SSSR count). The summed E-state index contributed by atoms with van der Waals surface area (Å²) in [6, 6.07) is 15.8. The summed E-state index contributed by atoms with van der Waals surface area (Å²) in [6.45, 7) is 4.04. The van der Waals surface area contributed by atoms with Crippen molar-refractivity contribution >= 4 is 46.3 Å². The second-order valence-corrected chi connectivity index (χ2v) is 11.2. The number of benzene rings is 3. The van der Waals surface area contributed by atoms with Gasteiger partial charge >= 0.3 is 12.3 Å². The third-order valence-corrected chi connectivity index (χ3v) is 7.88. The number of amides is 2. The third kappa shape index (κ3) is 7.41. The van der Waals surface area contributed by atoms with E-state index in [1.807, 2.05) is 31.2 Å². The van der Waals surface area contributed by atoms with Crippen molar-refractivity contribution in [1.29, 1.82) is 0 Å². The molecular weight excluding hydrogens is 589 g/mol. The average Bonchev–Trinajstić information content (AvgIpc) is 3.32. The molecule has 1 unspecified atom stereocenters. The summed E-state index contributed by atoms with van der Waals surface area (Å²) in [5, 5.41) is 6.30. The van der Waals surface area contributed by atoms with E-state index in [-0.39, 0.29) is 23.6 Å². The number of hydrogen-bond acceptors (Lipinski definition) is 5. The fraction of sp³-hybridized carbons (Fsp3) is 0.290. The standard InChI is InChI=1S/C31H30ClF3N2O4S/c1-4-23-24-13-9-20(15-28(24)41-27(23)14-19-6-10-21(32)16-25(19)31(33,34)35)29(38)37-26(17-36-30(39)40-3)18-7-11-22(12-8-18)42-5-2/h6-13,15-16,26H,4-5,14,17H2,1-3H3,(H,36,39)(H,37,38). The van der Waals surface area contributed by atoms with Gasteiger partial charge in [-0.3, -0.25) is 4.79 Å². The normalized spacial score (nSPS) is 12.3. The Morgan fingerprint density at radius 2 is 1.79 bits per heavy atom. The predicted octanol–water partition coefficient (Wildman–Crippen LogP) is 8.20. The molecule has 0 saturated heterocycles. The number of carbonyl (C=O) groups excluding carboxylic acids is 2. The number of furan rings is 1. The van der Waals surface area contributed by atoms with Crippen LogP contribution in [0.1, 0.15) is 58.3 Å². The number of alkyl carbamates (subject to hydrolysis) is 1. The van der Waals surface area contributed by atoms with Crippen molar-refractivity contribution in [3.63, 3.8) is 0 Å². The lowest BCUT2D eigenvalue weighted by Gasteiger charge is -2.20. The maximum atomic E-state index is 13.7. The first-order valence-electron chi connectivity index (χ1n) is 13.3. The van der Waals surface area contributed by atoms with Crippen molar-refractivity contribution in [2.45, 2.75) is 43.8 Å². The number of fused-ring (bicyclic) bond motifs is 1. The molecule has 1 aromatic heterocycles. The highest BCUT2D eigenvalue weighted by Gasteiger charge is 2.34. The molecule has 0 aliphatic heterocycles. The molecule has 4 aromatic rings. The van der Waals surface area contributed by atoms with Gasteiger partial charge in [-0.15, -0.1) is 11.8 Å². The molecule has 0 radical (unpaired) electrons. The second kappa shape index (κ2) is 13.6. The van der Waals surface area contributed by atoms with Crippen LogP contribution in [0.5, 0.6) is 0 Å². The molecular formula is C31H30ClF3N2O4S. The van der Waals surface area contributed by atoms with Gasteiger partial charge in [0.05, 0.1) is 18.7 Å². The van der Waals surface area contributed by atoms with E-state index in [0.29, 0.717) is 23.3 Å². The lowest BCUT2D eigenvalue weighted by atomic mass is 9.99. The molecule has 222 valence electrons. The summed E-state index contributed by atoms with van der Waals surface area (Å²) < 4.78 is 51.8. The van der Waals surface area contributed by atoms with Crippen LogP contribution in [-0.4, -0.2) is 31.4 Å². The monoisotopic (exact) mass is 618 g/mol. The number of halogens is 4. The van der Waals surface area contributed by atoms with Crippen LogP contribution in [0.2, 0.25) is 5.02 Å². The molecule has 2 N–H and O–H groups in total. The number of hydrogen-bond donors (Lipinski definition) is 2. The van der Waals surface area contributed by atoms with Gasteiger partial charge in [-0.25, -0.2) is 4.79 Å². The van der Waals surface area contributed by atoms with Crippen LogP contribution >= 0.6 is 23.4 Å². The first-order valence-corrected chi connectivity index (χ1v) is 14.7. The summed E-state index contributed by atoms with van der Waals surface area (Å²) in [7, 11) is 1.26. The van der Waals surface area contributed by atoms with Gasteiger partial charge in [0.15, 0.2) is 0 Å². The van der Waals surface area contributed by atoms with Gasteiger partial charge in [-0.05, 0) is 59.7 Å². The van der Waals surface area contributed by atoms with E-state index in [4.69, 9.17) is 16.0 Å². The van der Waals surface area contributed by atoms with Crippen LogP contribution < -0.4 is 10.6 Å². The van der Waals surface area contributed by atoms with Crippen LogP contribution in [0.15, 0.2) is 70.0 Å². The number of methoxy groups -OCH3 is 1. The molecule has 1 atom stereocenters. The van der Waals surface area contributed by atoms with E-state index < -0.39 is 29.8 Å². The van der Waals surface area contributed by atoms with Crippen LogP contribution in [0.4, 0.5) is 18.0 Å². The van der Waals surface area contributed by atoms with Crippen molar-refractivity contribution in [3.05, 3.63) is 99.3 Å². The lowest BCUT2D eigenvalue weighted by molar-refractivity contribution is -0.138. The molecule has 6 nitrogen and oxygen atoms in total. The maximum absolute atomic E-state index is 13.7. The quantitative estimate of drug-likeness (QED) is 0.175. The molecule has 0 bridgehead atoms. The minimum absolute atomic E-state index is 0.00191. The van der Waals surface area contributed by atoms with Crippen LogP contribution in [0.25, 0.3) is 11.0 Å². The van der Waals surface area contributed by atoms with Crippen molar-refractivity contribution in [2.24, 2.45) is 0 Å². The zero-order valence-corrected chi connectivity index (χ0v) is 24.8. The van der Waals surface area contributed by atoms with Crippen LogP contribution in [0, 0.1) is 0 Å². The van der Waals surface area contributed by atoms with Crippen LogP contribution in [-0.2, 0) is 23.8 Å². The molecule has 11 heteroatoms.